The highest BCUT2D eigenvalue weighted by Gasteiger charge is 2.21. The molecule has 0 amide bonds. The van der Waals surface area contributed by atoms with Crippen LogP contribution in [-0.2, 0) is 0 Å². The Morgan fingerprint density at radius 1 is 1.44 bits per heavy atom. The molecule has 0 radical (unpaired) electrons. The van der Waals surface area contributed by atoms with Crippen molar-refractivity contribution in [3.63, 3.8) is 0 Å². The molecule has 1 aliphatic rings. The maximum absolute atomic E-state index is 6.07. The van der Waals surface area contributed by atoms with Crippen LogP contribution in [0.3, 0.4) is 0 Å². The summed E-state index contributed by atoms with van der Waals surface area (Å²) < 4.78 is 0. The second kappa shape index (κ2) is 5.05. The first-order chi connectivity index (χ1) is 7.66. The van der Waals surface area contributed by atoms with E-state index in [0.29, 0.717) is 11.2 Å². The van der Waals surface area contributed by atoms with Gasteiger partial charge in [-0.15, -0.1) is 0 Å². The molecular formula is C13H19ClN2. The Balaban J connectivity index is 2.04. The molecule has 88 valence electrons. The van der Waals surface area contributed by atoms with Crippen LogP contribution in [0.2, 0.25) is 5.15 Å². The monoisotopic (exact) mass is 238 g/mol. The molecule has 3 heteroatoms. The predicted octanol–water partition coefficient (Wildman–Crippen LogP) is 4.03. The number of aryl methyl sites for hydroxylation is 1. The Hall–Kier alpha value is -0.760. The number of pyridine rings is 1. The summed E-state index contributed by atoms with van der Waals surface area (Å²) in [5, 5.41) is 4.08. The third-order valence-corrected chi connectivity index (χ3v) is 3.77. The normalized spacial score (nSPS) is 18.7. The van der Waals surface area contributed by atoms with E-state index >= 15 is 0 Å². The first kappa shape index (κ1) is 11.7. The zero-order chi connectivity index (χ0) is 11.5. The summed E-state index contributed by atoms with van der Waals surface area (Å²) in [6.07, 6.45) is 7.22. The van der Waals surface area contributed by atoms with E-state index in [1.165, 1.54) is 25.7 Å². The van der Waals surface area contributed by atoms with Crippen LogP contribution in [0.1, 0.15) is 38.2 Å². The summed E-state index contributed by atoms with van der Waals surface area (Å²) >= 11 is 6.07. The SMILES string of the molecule is Cc1cnc(Cl)c(NC(C)C2CCCC2)c1. The van der Waals surface area contributed by atoms with Crippen LogP contribution in [0.4, 0.5) is 5.69 Å². The second-order valence-electron chi connectivity index (χ2n) is 4.83. The molecule has 0 aromatic carbocycles. The molecule has 1 heterocycles. The van der Waals surface area contributed by atoms with E-state index < -0.39 is 0 Å². The van der Waals surface area contributed by atoms with Gasteiger partial charge in [0.15, 0.2) is 5.15 Å². The first-order valence-corrected chi connectivity index (χ1v) is 6.43. The van der Waals surface area contributed by atoms with Crippen molar-refractivity contribution in [2.24, 2.45) is 5.92 Å². The molecule has 0 saturated heterocycles. The summed E-state index contributed by atoms with van der Waals surface area (Å²) in [4.78, 5) is 4.16. The summed E-state index contributed by atoms with van der Waals surface area (Å²) in [5.41, 5.74) is 2.12. The highest BCUT2D eigenvalue weighted by Crippen LogP contribution is 2.30. The first-order valence-electron chi connectivity index (χ1n) is 6.05. The Morgan fingerprint density at radius 3 is 2.81 bits per heavy atom. The fourth-order valence-electron chi connectivity index (χ4n) is 2.47. The molecule has 1 aromatic rings. The molecule has 2 rings (SSSR count). The van der Waals surface area contributed by atoms with Crippen molar-refractivity contribution in [1.82, 2.24) is 4.98 Å². The lowest BCUT2D eigenvalue weighted by atomic mass is 9.99. The van der Waals surface area contributed by atoms with Crippen molar-refractivity contribution in [3.05, 3.63) is 23.0 Å². The molecule has 0 spiro atoms. The van der Waals surface area contributed by atoms with Crippen LogP contribution >= 0.6 is 11.6 Å². The van der Waals surface area contributed by atoms with Gasteiger partial charge in [-0.05, 0) is 44.2 Å². The van der Waals surface area contributed by atoms with E-state index in [1.54, 1.807) is 6.20 Å². The van der Waals surface area contributed by atoms with Crippen molar-refractivity contribution in [2.45, 2.75) is 45.6 Å². The highest BCUT2D eigenvalue weighted by molar-refractivity contribution is 6.31. The minimum absolute atomic E-state index is 0.489. The Morgan fingerprint density at radius 2 is 2.12 bits per heavy atom. The lowest BCUT2D eigenvalue weighted by Crippen LogP contribution is -2.24. The van der Waals surface area contributed by atoms with E-state index in [9.17, 15) is 0 Å². The average molecular weight is 239 g/mol. The molecule has 1 fully saturated rings. The van der Waals surface area contributed by atoms with Crippen molar-refractivity contribution in [2.75, 3.05) is 5.32 Å². The molecular weight excluding hydrogens is 220 g/mol. The highest BCUT2D eigenvalue weighted by atomic mass is 35.5. The van der Waals surface area contributed by atoms with Crippen molar-refractivity contribution in [1.29, 1.82) is 0 Å². The average Bonchev–Trinajstić information content (AvgIpc) is 2.76. The number of hydrogen-bond acceptors (Lipinski definition) is 2. The number of anilines is 1. The van der Waals surface area contributed by atoms with E-state index in [0.717, 1.165) is 17.2 Å². The molecule has 1 atom stereocenters. The third-order valence-electron chi connectivity index (χ3n) is 3.47. The molecule has 0 bridgehead atoms. The lowest BCUT2D eigenvalue weighted by molar-refractivity contribution is 0.482. The lowest BCUT2D eigenvalue weighted by Gasteiger charge is -2.22. The van der Waals surface area contributed by atoms with E-state index in [-0.39, 0.29) is 0 Å². The quantitative estimate of drug-likeness (QED) is 0.805. The third kappa shape index (κ3) is 2.67. The van der Waals surface area contributed by atoms with Crippen LogP contribution in [0.5, 0.6) is 0 Å². The number of hydrogen-bond donors (Lipinski definition) is 1. The molecule has 1 unspecified atom stereocenters. The van der Waals surface area contributed by atoms with Gasteiger partial charge in [0.05, 0.1) is 5.69 Å². The maximum atomic E-state index is 6.07. The number of rotatable bonds is 3. The van der Waals surface area contributed by atoms with Crippen LogP contribution in [0.15, 0.2) is 12.3 Å². The minimum Gasteiger partial charge on any atom is -0.380 e. The number of aromatic nitrogens is 1. The van der Waals surface area contributed by atoms with Crippen LogP contribution in [0.25, 0.3) is 0 Å². The number of halogens is 1. The summed E-state index contributed by atoms with van der Waals surface area (Å²) in [5.74, 6) is 0.788. The van der Waals surface area contributed by atoms with E-state index in [2.05, 4.69) is 23.3 Å². The van der Waals surface area contributed by atoms with Gasteiger partial charge in [-0.2, -0.15) is 0 Å². The number of nitrogens with one attached hydrogen (secondary N) is 1. The Kier molecular flexibility index (Phi) is 3.70. The molecule has 1 aliphatic carbocycles. The van der Waals surface area contributed by atoms with Crippen LogP contribution < -0.4 is 5.32 Å². The van der Waals surface area contributed by atoms with E-state index in [1.807, 2.05) is 6.92 Å². The van der Waals surface area contributed by atoms with Gasteiger partial charge in [0.25, 0.3) is 0 Å². The molecule has 1 aromatic heterocycles. The van der Waals surface area contributed by atoms with Crippen molar-refractivity contribution in [3.8, 4) is 0 Å². The molecule has 1 N–H and O–H groups in total. The smallest absolute Gasteiger partial charge is 0.152 e. The molecule has 2 nitrogen and oxygen atoms in total. The van der Waals surface area contributed by atoms with E-state index in [4.69, 9.17) is 11.6 Å². The molecule has 1 saturated carbocycles. The summed E-state index contributed by atoms with van der Waals surface area (Å²) in [6, 6.07) is 2.56. The number of nitrogens with zero attached hydrogens (tertiary/aromatic N) is 1. The minimum atomic E-state index is 0.489. The Labute approximate surface area is 102 Å². The second-order valence-corrected chi connectivity index (χ2v) is 5.19. The van der Waals surface area contributed by atoms with Gasteiger partial charge >= 0.3 is 0 Å². The maximum Gasteiger partial charge on any atom is 0.152 e. The fourth-order valence-corrected chi connectivity index (χ4v) is 2.63. The zero-order valence-electron chi connectivity index (χ0n) is 9.96. The van der Waals surface area contributed by atoms with Gasteiger partial charge in [-0.25, -0.2) is 4.98 Å². The zero-order valence-corrected chi connectivity index (χ0v) is 10.7. The molecule has 0 aliphatic heterocycles. The molecule has 16 heavy (non-hydrogen) atoms. The predicted molar refractivity (Wildman–Crippen MR) is 69.0 cm³/mol. The van der Waals surface area contributed by atoms with Crippen LogP contribution in [0, 0.1) is 12.8 Å². The van der Waals surface area contributed by atoms with Gasteiger partial charge < -0.3 is 5.32 Å². The summed E-state index contributed by atoms with van der Waals surface area (Å²) in [6.45, 7) is 4.28. The standard InChI is InChI=1S/C13H19ClN2/c1-9-7-12(13(14)15-8-9)16-10(2)11-5-3-4-6-11/h7-8,10-11,16H,3-6H2,1-2H3. The van der Waals surface area contributed by atoms with Gasteiger partial charge in [-0.3, -0.25) is 0 Å². The van der Waals surface area contributed by atoms with Gasteiger partial charge in [0, 0.05) is 12.2 Å². The van der Waals surface area contributed by atoms with Gasteiger partial charge in [0.2, 0.25) is 0 Å². The summed E-state index contributed by atoms with van der Waals surface area (Å²) in [7, 11) is 0. The van der Waals surface area contributed by atoms with Crippen LogP contribution in [-0.4, -0.2) is 11.0 Å². The largest absolute Gasteiger partial charge is 0.380 e. The Bertz CT molecular complexity index is 359. The van der Waals surface area contributed by atoms with Crippen molar-refractivity contribution >= 4 is 17.3 Å². The van der Waals surface area contributed by atoms with Crippen molar-refractivity contribution < 1.29 is 0 Å². The van der Waals surface area contributed by atoms with Gasteiger partial charge in [-0.1, -0.05) is 24.4 Å². The fraction of sp³-hybridized carbons (Fsp3) is 0.615. The topological polar surface area (TPSA) is 24.9 Å². The van der Waals surface area contributed by atoms with Gasteiger partial charge in [0.1, 0.15) is 0 Å².